The molecular weight excluding hydrogens is 420 g/mol. The number of benzene rings is 2. The molecule has 1 aliphatic rings. The van der Waals surface area contributed by atoms with Crippen molar-refractivity contribution in [3.8, 4) is 5.75 Å². The van der Waals surface area contributed by atoms with Crippen molar-refractivity contribution >= 4 is 46.5 Å². The second-order valence-electron chi connectivity index (χ2n) is 6.46. The van der Waals surface area contributed by atoms with Gasteiger partial charge in [-0.1, -0.05) is 42.5 Å². The van der Waals surface area contributed by atoms with Crippen LogP contribution in [-0.2, 0) is 9.59 Å². The molecule has 0 atom stereocenters. The third-order valence-corrected chi connectivity index (χ3v) is 5.21. The highest BCUT2D eigenvalue weighted by Crippen LogP contribution is 2.30. The van der Waals surface area contributed by atoms with Crippen molar-refractivity contribution in [2.75, 3.05) is 11.9 Å². The van der Waals surface area contributed by atoms with Crippen molar-refractivity contribution in [3.05, 3.63) is 76.7 Å². The second-order valence-corrected chi connectivity index (χ2v) is 7.45. The number of hydrogen-bond donors (Lipinski definition) is 3. The van der Waals surface area contributed by atoms with Crippen LogP contribution in [0.1, 0.15) is 22.3 Å². The predicted octanol–water partition coefficient (Wildman–Crippen LogP) is 3.71. The number of carbonyl (C=O) groups excluding carboxylic acids is 3. The SMILES string of the molecule is O=C(CCN1C(=O)S/C(=C/C=C/c2ccccc2)C1=O)Nc1ccc(C(=O)O)c(O)c1. The van der Waals surface area contributed by atoms with Crippen LogP contribution in [0.5, 0.6) is 5.75 Å². The molecule has 0 unspecified atom stereocenters. The topological polar surface area (TPSA) is 124 Å². The van der Waals surface area contributed by atoms with Crippen LogP contribution in [0.2, 0.25) is 0 Å². The van der Waals surface area contributed by atoms with Gasteiger partial charge in [-0.25, -0.2) is 4.79 Å². The van der Waals surface area contributed by atoms with E-state index >= 15 is 0 Å². The molecule has 158 valence electrons. The van der Waals surface area contributed by atoms with E-state index in [1.54, 1.807) is 12.2 Å². The Morgan fingerprint density at radius 3 is 2.52 bits per heavy atom. The van der Waals surface area contributed by atoms with E-state index in [9.17, 15) is 24.3 Å². The van der Waals surface area contributed by atoms with Crippen LogP contribution in [0.3, 0.4) is 0 Å². The van der Waals surface area contributed by atoms with Gasteiger partial charge in [-0.15, -0.1) is 0 Å². The van der Waals surface area contributed by atoms with Gasteiger partial charge in [0.1, 0.15) is 11.3 Å². The first-order valence-electron chi connectivity index (χ1n) is 9.18. The fourth-order valence-corrected chi connectivity index (χ4v) is 3.56. The summed E-state index contributed by atoms with van der Waals surface area (Å²) >= 11 is 0.806. The summed E-state index contributed by atoms with van der Waals surface area (Å²) in [6, 6.07) is 13.1. The number of nitrogens with zero attached hydrogens (tertiary/aromatic N) is 1. The number of aromatic carboxylic acids is 1. The van der Waals surface area contributed by atoms with Crippen LogP contribution in [0.15, 0.2) is 65.6 Å². The van der Waals surface area contributed by atoms with Crippen molar-refractivity contribution < 1.29 is 29.4 Å². The van der Waals surface area contributed by atoms with Gasteiger partial charge in [0.2, 0.25) is 5.91 Å². The minimum Gasteiger partial charge on any atom is -0.507 e. The Hall–Kier alpha value is -3.85. The number of carboxylic acid groups (broad SMARTS) is 1. The second kappa shape index (κ2) is 9.77. The quantitative estimate of drug-likeness (QED) is 0.563. The van der Waals surface area contributed by atoms with Gasteiger partial charge in [-0.05, 0) is 35.5 Å². The number of allylic oxidation sites excluding steroid dienone is 2. The highest BCUT2D eigenvalue weighted by Gasteiger charge is 2.34. The maximum absolute atomic E-state index is 12.4. The van der Waals surface area contributed by atoms with Crippen LogP contribution in [0, 0.1) is 0 Å². The highest BCUT2D eigenvalue weighted by atomic mass is 32.2. The fraction of sp³-hybridized carbons (Fsp3) is 0.0909. The molecule has 0 bridgehead atoms. The number of phenols is 1. The molecule has 31 heavy (non-hydrogen) atoms. The zero-order chi connectivity index (χ0) is 22.4. The van der Waals surface area contributed by atoms with Crippen molar-refractivity contribution in [3.63, 3.8) is 0 Å². The molecule has 0 aromatic heterocycles. The predicted molar refractivity (Wildman–Crippen MR) is 117 cm³/mol. The molecule has 3 N–H and O–H groups in total. The molecule has 1 fully saturated rings. The molecule has 0 spiro atoms. The molecule has 0 radical (unpaired) electrons. The van der Waals surface area contributed by atoms with Crippen molar-refractivity contribution in [2.45, 2.75) is 6.42 Å². The van der Waals surface area contributed by atoms with Crippen LogP contribution < -0.4 is 5.32 Å². The molecule has 2 aromatic carbocycles. The smallest absolute Gasteiger partial charge is 0.339 e. The molecule has 1 heterocycles. The zero-order valence-corrected chi connectivity index (χ0v) is 17.0. The van der Waals surface area contributed by atoms with Crippen LogP contribution >= 0.6 is 11.8 Å². The average molecular weight is 438 g/mol. The number of hydrogen-bond acceptors (Lipinski definition) is 6. The lowest BCUT2D eigenvalue weighted by atomic mass is 10.2. The Morgan fingerprint density at radius 2 is 1.84 bits per heavy atom. The molecule has 8 nitrogen and oxygen atoms in total. The Bertz CT molecular complexity index is 1090. The molecule has 0 saturated carbocycles. The van der Waals surface area contributed by atoms with E-state index in [0.29, 0.717) is 0 Å². The van der Waals surface area contributed by atoms with Crippen LogP contribution in [0.25, 0.3) is 6.08 Å². The average Bonchev–Trinajstić information content (AvgIpc) is 3.00. The maximum Gasteiger partial charge on any atom is 0.339 e. The first-order valence-corrected chi connectivity index (χ1v) is 10.00. The molecule has 2 aromatic rings. The Kier molecular flexibility index (Phi) is 6.88. The van der Waals surface area contributed by atoms with Gasteiger partial charge in [0.25, 0.3) is 11.1 Å². The Balaban J connectivity index is 1.56. The molecule has 3 rings (SSSR count). The lowest BCUT2D eigenvalue weighted by molar-refractivity contribution is -0.123. The summed E-state index contributed by atoms with van der Waals surface area (Å²) < 4.78 is 0. The van der Waals surface area contributed by atoms with Gasteiger partial charge < -0.3 is 15.5 Å². The van der Waals surface area contributed by atoms with Crippen molar-refractivity contribution in [1.82, 2.24) is 4.90 Å². The number of amides is 3. The van der Waals surface area contributed by atoms with E-state index in [1.807, 2.05) is 36.4 Å². The molecule has 3 amide bonds. The summed E-state index contributed by atoms with van der Waals surface area (Å²) in [7, 11) is 0. The summed E-state index contributed by atoms with van der Waals surface area (Å²) in [5.74, 6) is -2.73. The molecular formula is C22H18N2O6S. The Morgan fingerprint density at radius 1 is 1.10 bits per heavy atom. The van der Waals surface area contributed by atoms with E-state index in [-0.39, 0.29) is 29.1 Å². The fourth-order valence-electron chi connectivity index (χ4n) is 2.74. The largest absolute Gasteiger partial charge is 0.507 e. The summed E-state index contributed by atoms with van der Waals surface area (Å²) in [4.78, 5) is 48.9. The van der Waals surface area contributed by atoms with Crippen LogP contribution in [-0.4, -0.2) is 44.7 Å². The van der Waals surface area contributed by atoms with E-state index in [0.717, 1.165) is 34.4 Å². The standard InChI is InChI=1S/C22H18N2O6S/c25-17-13-15(9-10-16(17)21(28)29)23-19(26)11-12-24-20(27)18(31-22(24)30)8-4-7-14-5-2-1-3-6-14/h1-10,13,25H,11-12H2,(H,23,26)(H,28,29)/b7-4+,18-8+. The third-order valence-electron chi connectivity index (χ3n) is 4.28. The number of imide groups is 1. The number of carboxylic acids is 1. The zero-order valence-electron chi connectivity index (χ0n) is 16.1. The van der Waals surface area contributed by atoms with Gasteiger partial charge in [-0.2, -0.15) is 0 Å². The van der Waals surface area contributed by atoms with E-state index in [4.69, 9.17) is 5.11 Å². The first-order chi connectivity index (χ1) is 14.8. The lowest BCUT2D eigenvalue weighted by Gasteiger charge is -2.12. The maximum atomic E-state index is 12.4. The minimum atomic E-state index is -1.29. The first kappa shape index (κ1) is 21.8. The van der Waals surface area contributed by atoms with Gasteiger partial charge >= 0.3 is 5.97 Å². The monoisotopic (exact) mass is 438 g/mol. The van der Waals surface area contributed by atoms with E-state index in [2.05, 4.69) is 5.32 Å². The van der Waals surface area contributed by atoms with Crippen molar-refractivity contribution in [1.29, 1.82) is 0 Å². The van der Waals surface area contributed by atoms with Crippen molar-refractivity contribution in [2.24, 2.45) is 0 Å². The normalized spacial score (nSPS) is 15.1. The summed E-state index contributed by atoms with van der Waals surface area (Å²) in [5, 5.41) is 20.6. The highest BCUT2D eigenvalue weighted by molar-refractivity contribution is 8.18. The number of aromatic hydroxyl groups is 1. The van der Waals surface area contributed by atoms with Crippen LogP contribution in [0.4, 0.5) is 10.5 Å². The van der Waals surface area contributed by atoms with Gasteiger partial charge in [-0.3, -0.25) is 19.3 Å². The molecule has 9 heteroatoms. The summed E-state index contributed by atoms with van der Waals surface area (Å²) in [6.45, 7) is -0.102. The number of anilines is 1. The number of rotatable bonds is 7. The lowest BCUT2D eigenvalue weighted by Crippen LogP contribution is -2.31. The molecule has 1 saturated heterocycles. The molecule has 0 aliphatic carbocycles. The van der Waals surface area contributed by atoms with E-state index in [1.165, 1.54) is 6.07 Å². The number of nitrogens with one attached hydrogen (secondary N) is 1. The van der Waals surface area contributed by atoms with E-state index < -0.39 is 28.8 Å². The minimum absolute atomic E-state index is 0.102. The van der Waals surface area contributed by atoms with Gasteiger partial charge in [0, 0.05) is 24.7 Å². The number of carbonyl (C=O) groups is 4. The summed E-state index contributed by atoms with van der Waals surface area (Å²) in [6.07, 6.45) is 4.91. The third kappa shape index (κ3) is 5.61. The summed E-state index contributed by atoms with van der Waals surface area (Å²) in [5.41, 5.74) is 0.869. The Labute approximate surface area is 181 Å². The molecule has 1 aliphatic heterocycles. The van der Waals surface area contributed by atoms with Gasteiger partial charge in [0.05, 0.1) is 4.91 Å². The van der Waals surface area contributed by atoms with Gasteiger partial charge in [0.15, 0.2) is 0 Å². The number of thioether (sulfide) groups is 1.